The van der Waals surface area contributed by atoms with Crippen molar-refractivity contribution >= 4 is 10.0 Å². The molecule has 0 fully saturated rings. The molecule has 7 heteroatoms. The van der Waals surface area contributed by atoms with Crippen LogP contribution in [0.2, 0.25) is 0 Å². The van der Waals surface area contributed by atoms with Crippen molar-refractivity contribution in [1.29, 1.82) is 0 Å². The summed E-state index contributed by atoms with van der Waals surface area (Å²) in [4.78, 5) is 1.81. The van der Waals surface area contributed by atoms with Crippen LogP contribution in [0.15, 0.2) is 23.1 Å². The van der Waals surface area contributed by atoms with E-state index in [0.29, 0.717) is 6.42 Å². The summed E-state index contributed by atoms with van der Waals surface area (Å²) in [7, 11) is 0.0736. The summed E-state index contributed by atoms with van der Waals surface area (Å²) in [5.41, 5.74) is 0.0515. The first-order valence-corrected chi connectivity index (χ1v) is 7.89. The lowest BCUT2D eigenvalue weighted by molar-refractivity contribution is 0.350. The molecule has 5 nitrogen and oxygen atoms in total. The van der Waals surface area contributed by atoms with Gasteiger partial charge in [-0.3, -0.25) is 0 Å². The summed E-state index contributed by atoms with van der Waals surface area (Å²) in [6.07, 6.45) is 0.661. The van der Waals surface area contributed by atoms with E-state index in [1.54, 1.807) is 0 Å². The zero-order valence-electron chi connectivity index (χ0n) is 12.1. The molecule has 0 aromatic heterocycles. The molecule has 0 heterocycles. The van der Waals surface area contributed by atoms with Crippen LogP contribution in [-0.2, 0) is 10.0 Å². The minimum absolute atomic E-state index is 0.0515. The lowest BCUT2D eigenvalue weighted by Gasteiger charge is -2.10. The molecule has 0 aliphatic heterocycles. The number of aliphatic hydroxyl groups is 1. The molecule has 0 saturated carbocycles. The molecule has 0 spiro atoms. The summed E-state index contributed by atoms with van der Waals surface area (Å²) < 4.78 is 40.1. The number of aliphatic hydroxyl groups excluding tert-OH is 1. The number of nitrogens with one attached hydrogen (secondary N) is 1. The van der Waals surface area contributed by atoms with Crippen molar-refractivity contribution in [3.8, 4) is 11.8 Å². The predicted molar refractivity (Wildman–Crippen MR) is 78.7 cm³/mol. The molecule has 0 amide bonds. The Balaban J connectivity index is 2.77. The van der Waals surface area contributed by atoms with Crippen LogP contribution < -0.4 is 4.72 Å². The SMILES string of the molecule is CN(C)CCCNS(=O)(=O)c1ccc(C#CCO)c(F)c1. The molecule has 0 atom stereocenters. The highest BCUT2D eigenvalue weighted by molar-refractivity contribution is 7.89. The minimum Gasteiger partial charge on any atom is -0.384 e. The Morgan fingerprint density at radius 3 is 2.67 bits per heavy atom. The zero-order chi connectivity index (χ0) is 15.9. The van der Waals surface area contributed by atoms with Gasteiger partial charge in [-0.1, -0.05) is 11.8 Å². The Kier molecular flexibility index (Phi) is 6.78. The third kappa shape index (κ3) is 5.81. The molecule has 0 bridgehead atoms. The van der Waals surface area contributed by atoms with E-state index in [4.69, 9.17) is 5.11 Å². The van der Waals surface area contributed by atoms with E-state index < -0.39 is 15.8 Å². The van der Waals surface area contributed by atoms with Gasteiger partial charge in [-0.15, -0.1) is 0 Å². The van der Waals surface area contributed by atoms with Gasteiger partial charge >= 0.3 is 0 Å². The Hall–Kier alpha value is -1.46. The van der Waals surface area contributed by atoms with Crippen LogP contribution in [0.3, 0.4) is 0 Å². The van der Waals surface area contributed by atoms with Gasteiger partial charge in [0.05, 0.1) is 10.5 Å². The molecule has 0 saturated heterocycles. The molecule has 0 unspecified atom stereocenters. The Labute approximate surface area is 124 Å². The van der Waals surface area contributed by atoms with Crippen LogP contribution in [0, 0.1) is 17.7 Å². The number of sulfonamides is 1. The van der Waals surface area contributed by atoms with Gasteiger partial charge in [-0.25, -0.2) is 17.5 Å². The summed E-state index contributed by atoms with van der Waals surface area (Å²) in [5.74, 6) is 3.99. The van der Waals surface area contributed by atoms with Gasteiger partial charge in [0.1, 0.15) is 12.4 Å². The van der Waals surface area contributed by atoms with E-state index in [2.05, 4.69) is 16.6 Å². The topological polar surface area (TPSA) is 69.6 Å². The zero-order valence-corrected chi connectivity index (χ0v) is 12.9. The molecule has 0 aliphatic rings. The molecular formula is C14H19FN2O3S. The molecule has 2 N–H and O–H groups in total. The van der Waals surface area contributed by atoms with Crippen LogP contribution >= 0.6 is 0 Å². The van der Waals surface area contributed by atoms with Crippen LogP contribution in [0.4, 0.5) is 4.39 Å². The fourth-order valence-corrected chi connectivity index (χ4v) is 2.67. The van der Waals surface area contributed by atoms with Crippen molar-refractivity contribution in [1.82, 2.24) is 9.62 Å². The third-order valence-electron chi connectivity index (χ3n) is 2.63. The van der Waals surface area contributed by atoms with Crippen molar-refractivity contribution in [2.45, 2.75) is 11.3 Å². The Morgan fingerprint density at radius 1 is 1.38 bits per heavy atom. The van der Waals surface area contributed by atoms with Gasteiger partial charge in [-0.05, 0) is 45.3 Å². The summed E-state index contributed by atoms with van der Waals surface area (Å²) in [6, 6.07) is 3.50. The van der Waals surface area contributed by atoms with Gasteiger partial charge in [0.15, 0.2) is 0 Å². The van der Waals surface area contributed by atoms with Crippen LogP contribution in [0.5, 0.6) is 0 Å². The molecule has 1 aromatic rings. The molecule has 21 heavy (non-hydrogen) atoms. The number of rotatable bonds is 6. The van der Waals surface area contributed by atoms with Crippen LogP contribution in [-0.4, -0.2) is 52.2 Å². The quantitative estimate of drug-likeness (QED) is 0.589. The first-order chi connectivity index (χ1) is 9.86. The molecule has 0 aliphatic carbocycles. The minimum atomic E-state index is -3.72. The lowest BCUT2D eigenvalue weighted by atomic mass is 10.2. The van der Waals surface area contributed by atoms with Crippen molar-refractivity contribution in [2.75, 3.05) is 33.8 Å². The van der Waals surface area contributed by atoms with Crippen molar-refractivity contribution in [2.24, 2.45) is 0 Å². The second-order valence-electron chi connectivity index (χ2n) is 4.66. The fourth-order valence-electron chi connectivity index (χ4n) is 1.58. The fraction of sp³-hybridized carbons (Fsp3) is 0.429. The van der Waals surface area contributed by atoms with E-state index in [-0.39, 0.29) is 23.6 Å². The van der Waals surface area contributed by atoms with Crippen LogP contribution in [0.1, 0.15) is 12.0 Å². The highest BCUT2D eigenvalue weighted by Crippen LogP contribution is 2.14. The second kappa shape index (κ2) is 8.10. The molecule has 1 rings (SSSR count). The number of benzene rings is 1. The predicted octanol–water partition coefficient (Wildman–Crippen LogP) is 0.399. The van der Waals surface area contributed by atoms with E-state index >= 15 is 0 Å². The highest BCUT2D eigenvalue weighted by atomic mass is 32.2. The van der Waals surface area contributed by atoms with Gasteiger partial charge in [0, 0.05) is 6.54 Å². The smallest absolute Gasteiger partial charge is 0.240 e. The first kappa shape index (κ1) is 17.6. The largest absolute Gasteiger partial charge is 0.384 e. The van der Waals surface area contributed by atoms with E-state index in [1.807, 2.05) is 19.0 Å². The number of hydrogen-bond donors (Lipinski definition) is 2. The Bertz CT molecular complexity index is 633. The van der Waals surface area contributed by atoms with E-state index in [9.17, 15) is 12.8 Å². The first-order valence-electron chi connectivity index (χ1n) is 6.40. The normalized spacial score (nSPS) is 11.3. The van der Waals surface area contributed by atoms with Gasteiger partial charge in [0.25, 0.3) is 0 Å². The standard InChI is InChI=1S/C14H19FN2O3S/c1-17(2)9-4-8-16-21(19,20)13-7-6-12(5-3-10-18)14(15)11-13/h6-7,11,16,18H,4,8-10H2,1-2H3. The number of nitrogens with zero attached hydrogens (tertiary/aromatic N) is 1. The Morgan fingerprint density at radius 2 is 2.10 bits per heavy atom. The maximum absolute atomic E-state index is 13.7. The summed E-state index contributed by atoms with van der Waals surface area (Å²) >= 11 is 0. The van der Waals surface area contributed by atoms with Gasteiger partial charge < -0.3 is 10.0 Å². The molecule has 1 aromatic carbocycles. The van der Waals surface area contributed by atoms with Crippen molar-refractivity contribution in [3.63, 3.8) is 0 Å². The average Bonchev–Trinajstić information content (AvgIpc) is 2.42. The second-order valence-corrected chi connectivity index (χ2v) is 6.42. The van der Waals surface area contributed by atoms with Gasteiger partial charge in [0.2, 0.25) is 10.0 Å². The lowest BCUT2D eigenvalue weighted by Crippen LogP contribution is -2.27. The maximum Gasteiger partial charge on any atom is 0.240 e. The summed E-state index contributed by atoms with van der Waals surface area (Å²) in [6.45, 7) is 0.660. The maximum atomic E-state index is 13.7. The van der Waals surface area contributed by atoms with E-state index in [0.717, 1.165) is 12.6 Å². The number of hydrogen-bond acceptors (Lipinski definition) is 4. The van der Waals surface area contributed by atoms with Crippen molar-refractivity contribution in [3.05, 3.63) is 29.6 Å². The highest BCUT2D eigenvalue weighted by Gasteiger charge is 2.15. The average molecular weight is 314 g/mol. The number of halogens is 1. The monoisotopic (exact) mass is 314 g/mol. The van der Waals surface area contributed by atoms with Crippen LogP contribution in [0.25, 0.3) is 0 Å². The van der Waals surface area contributed by atoms with Crippen molar-refractivity contribution < 1.29 is 17.9 Å². The molecular weight excluding hydrogens is 295 g/mol. The third-order valence-corrected chi connectivity index (χ3v) is 4.09. The molecule has 0 radical (unpaired) electrons. The summed E-state index contributed by atoms with van der Waals surface area (Å²) in [5, 5.41) is 8.56. The van der Waals surface area contributed by atoms with Gasteiger partial charge in [-0.2, -0.15) is 0 Å². The van der Waals surface area contributed by atoms with E-state index in [1.165, 1.54) is 12.1 Å². The molecule has 116 valence electrons.